The van der Waals surface area contributed by atoms with Crippen LogP contribution in [0.3, 0.4) is 0 Å². The number of halogens is 2. The Morgan fingerprint density at radius 2 is 1.95 bits per heavy atom. The zero-order chi connectivity index (χ0) is 15.0. The number of hydrogen-bond donors (Lipinski definition) is 1. The second kappa shape index (κ2) is 5.87. The molecule has 1 fully saturated rings. The van der Waals surface area contributed by atoms with Crippen LogP contribution in [0.5, 0.6) is 0 Å². The first-order valence-electron chi connectivity index (χ1n) is 7.15. The molecule has 1 aromatic heterocycles. The summed E-state index contributed by atoms with van der Waals surface area (Å²) >= 11 is 2.23. The van der Waals surface area contributed by atoms with E-state index in [-0.39, 0.29) is 5.82 Å². The molecule has 1 saturated carbocycles. The van der Waals surface area contributed by atoms with Gasteiger partial charge in [-0.05, 0) is 66.1 Å². The van der Waals surface area contributed by atoms with Crippen molar-refractivity contribution >= 4 is 28.4 Å². The number of rotatable bonds is 2. The van der Waals surface area contributed by atoms with Crippen LogP contribution in [0.2, 0.25) is 0 Å². The van der Waals surface area contributed by atoms with Crippen LogP contribution in [0.25, 0.3) is 11.4 Å². The summed E-state index contributed by atoms with van der Waals surface area (Å²) in [5, 5.41) is 0. The van der Waals surface area contributed by atoms with Crippen LogP contribution in [0, 0.1) is 16.3 Å². The molecular formula is C16H17FIN3. The Kier molecular flexibility index (Phi) is 4.10. The Morgan fingerprint density at radius 1 is 1.24 bits per heavy atom. The van der Waals surface area contributed by atoms with Crippen molar-refractivity contribution in [2.24, 2.45) is 0 Å². The molecule has 0 radical (unpaired) electrons. The lowest BCUT2D eigenvalue weighted by atomic mass is 10.0. The molecule has 3 nitrogen and oxygen atoms in total. The topological polar surface area (TPSA) is 51.8 Å². The maximum atomic E-state index is 13.3. The molecule has 0 amide bonds. The third-order valence-corrected chi connectivity index (χ3v) is 5.18. The summed E-state index contributed by atoms with van der Waals surface area (Å²) in [5.74, 6) is 1.35. The Labute approximate surface area is 137 Å². The standard InChI is InChI=1S/C16H17FIN3/c1-9-8-11(17)6-7-12(9)16-20-14(10-4-2-3-5-10)13(18)15(19)21-16/h6-8,10H,2-5H2,1H3,(H2,19,20,21). The van der Waals surface area contributed by atoms with Crippen molar-refractivity contribution in [1.29, 1.82) is 0 Å². The largest absolute Gasteiger partial charge is 0.383 e. The van der Waals surface area contributed by atoms with Crippen LogP contribution in [-0.4, -0.2) is 9.97 Å². The number of benzene rings is 1. The van der Waals surface area contributed by atoms with Crippen LogP contribution < -0.4 is 5.73 Å². The van der Waals surface area contributed by atoms with Gasteiger partial charge in [0, 0.05) is 11.5 Å². The van der Waals surface area contributed by atoms with E-state index in [2.05, 4.69) is 27.6 Å². The Morgan fingerprint density at radius 3 is 2.62 bits per heavy atom. The molecule has 0 spiro atoms. The highest BCUT2D eigenvalue weighted by molar-refractivity contribution is 14.1. The summed E-state index contributed by atoms with van der Waals surface area (Å²) in [4.78, 5) is 9.16. The van der Waals surface area contributed by atoms with E-state index < -0.39 is 0 Å². The molecular weight excluding hydrogens is 380 g/mol. The number of hydrogen-bond acceptors (Lipinski definition) is 3. The van der Waals surface area contributed by atoms with Crippen LogP contribution in [-0.2, 0) is 0 Å². The summed E-state index contributed by atoms with van der Waals surface area (Å²) in [6.07, 6.45) is 4.81. The van der Waals surface area contributed by atoms with Gasteiger partial charge in [-0.2, -0.15) is 0 Å². The van der Waals surface area contributed by atoms with E-state index in [9.17, 15) is 4.39 Å². The minimum atomic E-state index is -0.245. The zero-order valence-electron chi connectivity index (χ0n) is 11.9. The van der Waals surface area contributed by atoms with E-state index in [0.29, 0.717) is 17.6 Å². The summed E-state index contributed by atoms with van der Waals surface area (Å²) < 4.78 is 14.2. The van der Waals surface area contributed by atoms with Crippen molar-refractivity contribution in [1.82, 2.24) is 9.97 Å². The predicted molar refractivity (Wildman–Crippen MR) is 90.5 cm³/mol. The first-order chi connectivity index (χ1) is 10.1. The maximum absolute atomic E-state index is 13.3. The van der Waals surface area contributed by atoms with Gasteiger partial charge < -0.3 is 5.73 Å². The summed E-state index contributed by atoms with van der Waals surface area (Å²) in [6, 6.07) is 4.67. The molecule has 0 aliphatic heterocycles. The fourth-order valence-corrected chi connectivity index (χ4v) is 3.63. The second-order valence-corrected chi connectivity index (χ2v) is 6.65. The van der Waals surface area contributed by atoms with Crippen molar-refractivity contribution < 1.29 is 4.39 Å². The monoisotopic (exact) mass is 397 g/mol. The third kappa shape index (κ3) is 2.88. The first-order valence-corrected chi connectivity index (χ1v) is 8.23. The number of nitrogens with two attached hydrogens (primary N) is 1. The molecule has 0 bridgehead atoms. The van der Waals surface area contributed by atoms with E-state index in [1.54, 1.807) is 6.07 Å². The molecule has 0 unspecified atom stereocenters. The van der Waals surface area contributed by atoms with Crippen molar-refractivity contribution in [2.45, 2.75) is 38.5 Å². The summed E-state index contributed by atoms with van der Waals surface area (Å²) in [7, 11) is 0. The van der Waals surface area contributed by atoms with Crippen molar-refractivity contribution in [3.05, 3.63) is 38.8 Å². The van der Waals surface area contributed by atoms with Gasteiger partial charge in [-0.1, -0.05) is 12.8 Å². The minimum absolute atomic E-state index is 0.245. The fourth-order valence-electron chi connectivity index (χ4n) is 2.95. The van der Waals surface area contributed by atoms with Gasteiger partial charge in [-0.25, -0.2) is 14.4 Å². The van der Waals surface area contributed by atoms with Gasteiger partial charge >= 0.3 is 0 Å². The van der Waals surface area contributed by atoms with Gasteiger partial charge in [-0.15, -0.1) is 0 Å². The predicted octanol–water partition coefficient (Wildman–Crippen LogP) is 4.44. The highest BCUT2D eigenvalue weighted by atomic mass is 127. The maximum Gasteiger partial charge on any atom is 0.162 e. The van der Waals surface area contributed by atoms with Crippen LogP contribution >= 0.6 is 22.6 Å². The smallest absolute Gasteiger partial charge is 0.162 e. The quantitative estimate of drug-likeness (QED) is 0.763. The van der Waals surface area contributed by atoms with E-state index in [4.69, 9.17) is 10.7 Å². The Balaban J connectivity index is 2.10. The molecule has 1 aliphatic carbocycles. The zero-order valence-corrected chi connectivity index (χ0v) is 14.0. The van der Waals surface area contributed by atoms with Gasteiger partial charge in [0.2, 0.25) is 0 Å². The number of anilines is 1. The highest BCUT2D eigenvalue weighted by Crippen LogP contribution is 2.37. The van der Waals surface area contributed by atoms with E-state index in [0.717, 1.165) is 33.2 Å². The molecule has 21 heavy (non-hydrogen) atoms. The molecule has 0 atom stereocenters. The van der Waals surface area contributed by atoms with E-state index >= 15 is 0 Å². The second-order valence-electron chi connectivity index (χ2n) is 5.57. The van der Waals surface area contributed by atoms with Gasteiger partial charge in [0.25, 0.3) is 0 Å². The lowest BCUT2D eigenvalue weighted by Gasteiger charge is -2.14. The van der Waals surface area contributed by atoms with Crippen molar-refractivity contribution in [2.75, 3.05) is 5.73 Å². The average Bonchev–Trinajstić information content (AvgIpc) is 2.96. The molecule has 3 rings (SSSR count). The minimum Gasteiger partial charge on any atom is -0.383 e. The van der Waals surface area contributed by atoms with Gasteiger partial charge in [-0.3, -0.25) is 0 Å². The number of aromatic nitrogens is 2. The van der Waals surface area contributed by atoms with Gasteiger partial charge in [0.05, 0.1) is 9.26 Å². The molecule has 1 aromatic carbocycles. The average molecular weight is 397 g/mol. The molecule has 1 heterocycles. The summed E-state index contributed by atoms with van der Waals surface area (Å²) in [6.45, 7) is 1.87. The SMILES string of the molecule is Cc1cc(F)ccc1-c1nc(N)c(I)c(C2CCCC2)n1. The van der Waals surface area contributed by atoms with Crippen LogP contribution in [0.1, 0.15) is 42.9 Å². The van der Waals surface area contributed by atoms with Gasteiger partial charge in [0.15, 0.2) is 5.82 Å². The Bertz CT molecular complexity index is 681. The van der Waals surface area contributed by atoms with E-state index in [1.165, 1.54) is 25.0 Å². The van der Waals surface area contributed by atoms with Crippen LogP contribution in [0.4, 0.5) is 10.2 Å². The third-order valence-electron chi connectivity index (χ3n) is 4.07. The highest BCUT2D eigenvalue weighted by Gasteiger charge is 2.23. The van der Waals surface area contributed by atoms with Crippen LogP contribution in [0.15, 0.2) is 18.2 Å². The number of aryl methyl sites for hydroxylation is 1. The molecule has 1 aliphatic rings. The number of nitrogens with zero attached hydrogens (tertiary/aromatic N) is 2. The molecule has 110 valence electrons. The van der Waals surface area contributed by atoms with Crippen molar-refractivity contribution in [3.8, 4) is 11.4 Å². The summed E-state index contributed by atoms with van der Waals surface area (Å²) in [5.41, 5.74) is 8.80. The fraction of sp³-hybridized carbons (Fsp3) is 0.375. The molecule has 0 saturated heterocycles. The first kappa shape index (κ1) is 14.7. The number of nitrogen functional groups attached to an aromatic ring is 1. The van der Waals surface area contributed by atoms with E-state index in [1.807, 2.05) is 6.92 Å². The Hall–Kier alpha value is -1.24. The lowest BCUT2D eigenvalue weighted by Crippen LogP contribution is -2.08. The van der Waals surface area contributed by atoms with Crippen molar-refractivity contribution in [3.63, 3.8) is 0 Å². The lowest BCUT2D eigenvalue weighted by molar-refractivity contribution is 0.627. The molecule has 5 heteroatoms. The van der Waals surface area contributed by atoms with Gasteiger partial charge in [0.1, 0.15) is 11.6 Å². The molecule has 2 N–H and O–H groups in total. The molecule has 2 aromatic rings. The normalized spacial score (nSPS) is 15.6.